The summed E-state index contributed by atoms with van der Waals surface area (Å²) in [6.07, 6.45) is 5.14. The molecular weight excluding hydrogens is 302 g/mol. The van der Waals surface area contributed by atoms with Gasteiger partial charge in [0.25, 0.3) is 0 Å². The van der Waals surface area contributed by atoms with Crippen LogP contribution in [-0.2, 0) is 5.41 Å². The van der Waals surface area contributed by atoms with E-state index in [1.165, 1.54) is 46.5 Å². The topological polar surface area (TPSA) is 30.7 Å². The molecule has 4 heteroatoms. The number of benzene rings is 1. The van der Waals surface area contributed by atoms with Gasteiger partial charge >= 0.3 is 0 Å². The summed E-state index contributed by atoms with van der Waals surface area (Å²) in [5, 5.41) is 10.6. The Balaban J connectivity index is 1.64. The van der Waals surface area contributed by atoms with Crippen molar-refractivity contribution in [2.45, 2.75) is 56.9 Å². The van der Waals surface area contributed by atoms with E-state index in [0.29, 0.717) is 12.0 Å². The van der Waals surface area contributed by atoms with Gasteiger partial charge in [0.2, 0.25) is 0 Å². The number of hydrogen-bond donors (Lipinski definition) is 0. The SMILES string of the molecule is CC(C)(c1cc2ccccc2s1)c1nnc(C2CC2)n1C1CC1. The molecule has 2 saturated carbocycles. The van der Waals surface area contributed by atoms with Gasteiger partial charge in [-0.25, -0.2) is 0 Å². The van der Waals surface area contributed by atoms with Gasteiger partial charge < -0.3 is 4.57 Å². The Hall–Kier alpha value is -1.68. The van der Waals surface area contributed by atoms with Crippen LogP contribution in [0.4, 0.5) is 0 Å². The van der Waals surface area contributed by atoms with Crippen molar-refractivity contribution in [3.63, 3.8) is 0 Å². The molecule has 118 valence electrons. The van der Waals surface area contributed by atoms with Crippen molar-refractivity contribution in [1.82, 2.24) is 14.8 Å². The van der Waals surface area contributed by atoms with Crippen molar-refractivity contribution in [2.24, 2.45) is 0 Å². The molecule has 2 aromatic heterocycles. The van der Waals surface area contributed by atoms with Crippen LogP contribution in [0.3, 0.4) is 0 Å². The Bertz CT molecular complexity index is 848. The molecule has 0 radical (unpaired) electrons. The predicted octanol–water partition coefficient (Wildman–Crippen LogP) is 5.03. The first-order valence-corrected chi connectivity index (χ1v) is 9.40. The first kappa shape index (κ1) is 13.7. The van der Waals surface area contributed by atoms with E-state index in [1.54, 1.807) is 0 Å². The van der Waals surface area contributed by atoms with Gasteiger partial charge in [-0.1, -0.05) is 18.2 Å². The Kier molecular flexibility index (Phi) is 2.79. The van der Waals surface area contributed by atoms with Crippen molar-refractivity contribution in [3.05, 3.63) is 46.9 Å². The molecule has 2 fully saturated rings. The highest BCUT2D eigenvalue weighted by Gasteiger charge is 2.41. The molecule has 0 saturated heterocycles. The Morgan fingerprint density at radius 3 is 2.57 bits per heavy atom. The zero-order chi connectivity index (χ0) is 15.6. The van der Waals surface area contributed by atoms with E-state index in [-0.39, 0.29) is 5.41 Å². The molecule has 3 nitrogen and oxygen atoms in total. The van der Waals surface area contributed by atoms with Crippen LogP contribution in [0, 0.1) is 0 Å². The van der Waals surface area contributed by atoms with Crippen molar-refractivity contribution >= 4 is 21.4 Å². The molecule has 2 aliphatic carbocycles. The molecule has 2 heterocycles. The average Bonchev–Trinajstić information content (AvgIpc) is 3.47. The average molecular weight is 323 g/mol. The van der Waals surface area contributed by atoms with E-state index in [1.807, 2.05) is 11.3 Å². The van der Waals surface area contributed by atoms with Crippen LogP contribution in [-0.4, -0.2) is 14.8 Å². The van der Waals surface area contributed by atoms with Crippen LogP contribution >= 0.6 is 11.3 Å². The largest absolute Gasteiger partial charge is 0.311 e. The number of aromatic nitrogens is 3. The zero-order valence-corrected chi connectivity index (χ0v) is 14.4. The standard InChI is InChI=1S/C19H21N3S/c1-19(2,16-11-13-5-3-4-6-15(13)23-16)18-21-20-17(12-7-8-12)22(18)14-9-10-14/h3-6,11-12,14H,7-10H2,1-2H3. The summed E-state index contributed by atoms with van der Waals surface area (Å²) in [7, 11) is 0. The summed E-state index contributed by atoms with van der Waals surface area (Å²) in [6.45, 7) is 4.61. The second-order valence-electron chi connectivity index (χ2n) is 7.53. The van der Waals surface area contributed by atoms with Gasteiger partial charge in [0.1, 0.15) is 11.6 Å². The molecule has 0 bridgehead atoms. The van der Waals surface area contributed by atoms with Crippen molar-refractivity contribution in [2.75, 3.05) is 0 Å². The van der Waals surface area contributed by atoms with Crippen molar-refractivity contribution < 1.29 is 0 Å². The third-order valence-electron chi connectivity index (χ3n) is 5.18. The highest BCUT2D eigenvalue weighted by Crippen LogP contribution is 2.48. The summed E-state index contributed by atoms with van der Waals surface area (Å²) in [5.41, 5.74) is -0.0909. The number of thiophene rings is 1. The lowest BCUT2D eigenvalue weighted by atomic mass is 9.90. The third kappa shape index (κ3) is 2.15. The van der Waals surface area contributed by atoms with Crippen LogP contribution < -0.4 is 0 Å². The number of fused-ring (bicyclic) bond motifs is 1. The number of nitrogens with zero attached hydrogens (tertiary/aromatic N) is 3. The molecule has 23 heavy (non-hydrogen) atoms. The molecule has 1 aromatic carbocycles. The summed E-state index contributed by atoms with van der Waals surface area (Å²) >= 11 is 1.89. The number of rotatable bonds is 4. The Labute approximate surface area is 140 Å². The fourth-order valence-corrected chi connectivity index (χ4v) is 4.60. The summed E-state index contributed by atoms with van der Waals surface area (Å²) in [5.74, 6) is 3.07. The lowest BCUT2D eigenvalue weighted by Crippen LogP contribution is -2.23. The maximum atomic E-state index is 4.68. The third-order valence-corrected chi connectivity index (χ3v) is 6.62. The molecule has 0 amide bonds. The van der Waals surface area contributed by atoms with E-state index < -0.39 is 0 Å². The Morgan fingerprint density at radius 2 is 1.87 bits per heavy atom. The van der Waals surface area contributed by atoms with Crippen molar-refractivity contribution in [3.8, 4) is 0 Å². The second kappa shape index (κ2) is 4.67. The number of hydrogen-bond acceptors (Lipinski definition) is 3. The van der Waals surface area contributed by atoms with E-state index in [0.717, 1.165) is 5.82 Å². The Morgan fingerprint density at radius 1 is 1.09 bits per heavy atom. The molecular formula is C19H21N3S. The molecule has 0 N–H and O–H groups in total. The van der Waals surface area contributed by atoms with Gasteiger partial charge in [-0.3, -0.25) is 0 Å². The highest BCUT2D eigenvalue weighted by molar-refractivity contribution is 7.19. The lowest BCUT2D eigenvalue weighted by molar-refractivity contribution is 0.533. The smallest absolute Gasteiger partial charge is 0.144 e. The second-order valence-corrected chi connectivity index (χ2v) is 8.61. The molecule has 2 aliphatic rings. The monoisotopic (exact) mass is 323 g/mol. The van der Waals surface area contributed by atoms with Gasteiger partial charge in [-0.2, -0.15) is 0 Å². The normalized spacial score (nSPS) is 18.7. The van der Waals surface area contributed by atoms with Gasteiger partial charge in [0, 0.05) is 21.5 Å². The van der Waals surface area contributed by atoms with Crippen molar-refractivity contribution in [1.29, 1.82) is 0 Å². The summed E-state index contributed by atoms with van der Waals surface area (Å²) in [6, 6.07) is 11.6. The fraction of sp³-hybridized carbons (Fsp3) is 0.474. The van der Waals surface area contributed by atoms with Gasteiger partial charge in [0.15, 0.2) is 0 Å². The molecule has 0 spiro atoms. The zero-order valence-electron chi connectivity index (χ0n) is 13.6. The van der Waals surface area contributed by atoms with Gasteiger partial charge in [0.05, 0.1) is 5.41 Å². The van der Waals surface area contributed by atoms with E-state index >= 15 is 0 Å². The van der Waals surface area contributed by atoms with E-state index in [2.05, 4.69) is 58.9 Å². The molecule has 0 unspecified atom stereocenters. The minimum atomic E-state index is -0.0909. The molecule has 5 rings (SSSR count). The minimum absolute atomic E-state index is 0.0909. The quantitative estimate of drug-likeness (QED) is 0.674. The highest BCUT2D eigenvalue weighted by atomic mass is 32.1. The molecule has 0 atom stereocenters. The van der Waals surface area contributed by atoms with Crippen LogP contribution in [0.1, 0.15) is 68.0 Å². The molecule has 0 aliphatic heterocycles. The maximum absolute atomic E-state index is 4.68. The fourth-order valence-electron chi connectivity index (χ4n) is 3.44. The first-order valence-electron chi connectivity index (χ1n) is 8.59. The van der Waals surface area contributed by atoms with Crippen LogP contribution in [0.25, 0.3) is 10.1 Å². The van der Waals surface area contributed by atoms with E-state index in [9.17, 15) is 0 Å². The summed E-state index contributed by atoms with van der Waals surface area (Å²) in [4.78, 5) is 1.38. The van der Waals surface area contributed by atoms with Crippen LogP contribution in [0.5, 0.6) is 0 Å². The van der Waals surface area contributed by atoms with Gasteiger partial charge in [-0.15, -0.1) is 21.5 Å². The maximum Gasteiger partial charge on any atom is 0.144 e. The first-order chi connectivity index (χ1) is 11.1. The predicted molar refractivity (Wildman–Crippen MR) is 94.2 cm³/mol. The minimum Gasteiger partial charge on any atom is -0.311 e. The van der Waals surface area contributed by atoms with Crippen LogP contribution in [0.15, 0.2) is 30.3 Å². The van der Waals surface area contributed by atoms with E-state index in [4.69, 9.17) is 0 Å². The molecule has 3 aromatic rings. The van der Waals surface area contributed by atoms with Crippen LogP contribution in [0.2, 0.25) is 0 Å². The lowest BCUT2D eigenvalue weighted by Gasteiger charge is -2.24. The summed E-state index contributed by atoms with van der Waals surface area (Å²) < 4.78 is 3.85. The van der Waals surface area contributed by atoms with Gasteiger partial charge in [-0.05, 0) is 57.0 Å².